The van der Waals surface area contributed by atoms with Crippen molar-refractivity contribution in [2.45, 2.75) is 43.6 Å². The number of piperidine rings is 1. The molecule has 0 spiro atoms. The van der Waals surface area contributed by atoms with Crippen LogP contribution in [0.15, 0.2) is 45.3 Å². The van der Waals surface area contributed by atoms with Crippen molar-refractivity contribution in [3.63, 3.8) is 0 Å². The number of nitrogens with zero attached hydrogens (tertiary/aromatic N) is 5. The molecule has 2 aliphatic heterocycles. The summed E-state index contributed by atoms with van der Waals surface area (Å²) in [6.45, 7) is 5.04. The number of aromatic nitrogens is 3. The van der Waals surface area contributed by atoms with Crippen LogP contribution in [0.3, 0.4) is 0 Å². The molecule has 1 aromatic carbocycles. The first-order valence-electron chi connectivity index (χ1n) is 12.7. The Bertz CT molecular complexity index is 1140. The van der Waals surface area contributed by atoms with Crippen molar-refractivity contribution in [1.82, 2.24) is 30.5 Å². The number of carbonyl (C=O) groups excluding carboxylic acids is 1. The Morgan fingerprint density at radius 3 is 2.51 bits per heavy atom. The van der Waals surface area contributed by atoms with E-state index in [1.807, 2.05) is 30.3 Å². The lowest BCUT2D eigenvalue weighted by Gasteiger charge is -2.45. The summed E-state index contributed by atoms with van der Waals surface area (Å²) in [4.78, 5) is 17.4. The van der Waals surface area contributed by atoms with Crippen LogP contribution in [0.4, 0.5) is 0 Å². The fraction of sp³-hybridized carbons (Fsp3) is 0.538. The lowest BCUT2D eigenvalue weighted by atomic mass is 9.75. The highest BCUT2D eigenvalue weighted by atomic mass is 16.5. The van der Waals surface area contributed by atoms with Crippen LogP contribution < -0.4 is 5.32 Å². The molecule has 35 heavy (non-hydrogen) atoms. The fourth-order valence-electron chi connectivity index (χ4n) is 5.46. The summed E-state index contributed by atoms with van der Waals surface area (Å²) in [7, 11) is 2.20. The van der Waals surface area contributed by atoms with Gasteiger partial charge >= 0.3 is 0 Å². The predicted octanol–water partition coefficient (Wildman–Crippen LogP) is 3.14. The van der Waals surface area contributed by atoms with Crippen molar-refractivity contribution >= 4 is 5.91 Å². The van der Waals surface area contributed by atoms with Gasteiger partial charge in [0.15, 0.2) is 0 Å². The molecule has 1 N–H and O–H groups in total. The summed E-state index contributed by atoms with van der Waals surface area (Å²) in [6.07, 6.45) is 4.39. The Balaban J connectivity index is 0.934. The summed E-state index contributed by atoms with van der Waals surface area (Å²) in [6, 6.07) is 12.1. The van der Waals surface area contributed by atoms with Crippen LogP contribution in [0, 0.1) is 5.92 Å². The van der Waals surface area contributed by atoms with Crippen molar-refractivity contribution in [3.8, 4) is 11.3 Å². The average Bonchev–Trinajstić information content (AvgIpc) is 3.49. The monoisotopic (exact) mass is 476 g/mol. The van der Waals surface area contributed by atoms with E-state index in [0.717, 1.165) is 43.3 Å². The number of carbonyl (C=O) groups is 1. The van der Waals surface area contributed by atoms with E-state index in [1.54, 1.807) is 6.07 Å². The maximum absolute atomic E-state index is 12.5. The van der Waals surface area contributed by atoms with Gasteiger partial charge in [0.1, 0.15) is 5.69 Å². The maximum Gasteiger partial charge on any atom is 0.289 e. The fourth-order valence-corrected chi connectivity index (χ4v) is 5.46. The van der Waals surface area contributed by atoms with Gasteiger partial charge in [0.05, 0.1) is 5.92 Å². The molecule has 2 saturated heterocycles. The van der Waals surface area contributed by atoms with E-state index in [1.165, 1.54) is 25.9 Å². The number of likely N-dealkylation sites (tertiary alicyclic amines) is 2. The van der Waals surface area contributed by atoms with Crippen molar-refractivity contribution < 1.29 is 13.7 Å². The Kier molecular flexibility index (Phi) is 6.12. The molecule has 6 rings (SSSR count). The average molecular weight is 477 g/mol. The van der Waals surface area contributed by atoms with E-state index in [0.29, 0.717) is 30.1 Å². The Labute approximate surface area is 204 Å². The van der Waals surface area contributed by atoms with Crippen LogP contribution in [0.5, 0.6) is 0 Å². The first-order valence-corrected chi connectivity index (χ1v) is 12.7. The SMILES string of the molecule is CN1CCC(N2CC(c3nnc(C4CC(CNC(=O)c5cc(-c6ccccc6)no5)C4)o3)C2)CC1. The lowest BCUT2D eigenvalue weighted by molar-refractivity contribution is 0.0432. The molecule has 0 bridgehead atoms. The highest BCUT2D eigenvalue weighted by Crippen LogP contribution is 2.41. The second kappa shape index (κ2) is 9.54. The number of hydrogen-bond donors (Lipinski definition) is 1. The third kappa shape index (κ3) is 4.75. The van der Waals surface area contributed by atoms with Gasteiger partial charge in [0.25, 0.3) is 5.91 Å². The smallest absolute Gasteiger partial charge is 0.289 e. The van der Waals surface area contributed by atoms with E-state index < -0.39 is 0 Å². The standard InChI is InChI=1S/C26H32N6O3/c1-31-9-7-21(8-10-31)32-15-20(16-32)26-29-28-25(34-26)19-11-17(12-19)14-27-24(33)23-13-22(30-35-23)18-5-3-2-4-6-18/h2-6,13,17,19-21H,7-12,14-16H2,1H3,(H,27,33). The Morgan fingerprint density at radius 2 is 1.77 bits per heavy atom. The van der Waals surface area contributed by atoms with Gasteiger partial charge in [0.2, 0.25) is 17.5 Å². The normalized spacial score (nSPS) is 24.1. The molecule has 3 aliphatic rings. The van der Waals surface area contributed by atoms with Gasteiger partial charge in [-0.05, 0) is 51.7 Å². The first-order chi connectivity index (χ1) is 17.1. The van der Waals surface area contributed by atoms with Crippen molar-refractivity contribution in [1.29, 1.82) is 0 Å². The van der Waals surface area contributed by atoms with Crippen LogP contribution in [-0.4, -0.2) is 76.9 Å². The number of amides is 1. The van der Waals surface area contributed by atoms with Crippen molar-refractivity contribution in [2.24, 2.45) is 5.92 Å². The van der Waals surface area contributed by atoms with Crippen LogP contribution in [0.2, 0.25) is 0 Å². The summed E-state index contributed by atoms with van der Waals surface area (Å²) in [5.74, 6) is 2.60. The van der Waals surface area contributed by atoms with Gasteiger partial charge in [-0.15, -0.1) is 10.2 Å². The molecule has 2 aromatic heterocycles. The molecule has 0 atom stereocenters. The molecule has 1 amide bonds. The zero-order valence-electron chi connectivity index (χ0n) is 20.1. The van der Waals surface area contributed by atoms with Gasteiger partial charge in [-0.1, -0.05) is 35.5 Å². The minimum Gasteiger partial charge on any atom is -0.425 e. The van der Waals surface area contributed by atoms with Gasteiger partial charge in [-0.2, -0.15) is 0 Å². The van der Waals surface area contributed by atoms with E-state index in [2.05, 4.69) is 37.5 Å². The molecule has 9 heteroatoms. The van der Waals surface area contributed by atoms with Crippen molar-refractivity contribution in [3.05, 3.63) is 53.9 Å². The zero-order valence-corrected chi connectivity index (χ0v) is 20.1. The third-order valence-corrected chi connectivity index (χ3v) is 7.86. The quantitative estimate of drug-likeness (QED) is 0.555. The zero-order chi connectivity index (χ0) is 23.8. The molecule has 1 aliphatic carbocycles. The summed E-state index contributed by atoms with van der Waals surface area (Å²) in [5.41, 5.74) is 1.58. The highest BCUT2D eigenvalue weighted by molar-refractivity contribution is 5.92. The molecular weight excluding hydrogens is 444 g/mol. The summed E-state index contributed by atoms with van der Waals surface area (Å²) in [5, 5.41) is 15.7. The largest absolute Gasteiger partial charge is 0.425 e. The topological polar surface area (TPSA) is 101 Å². The van der Waals surface area contributed by atoms with E-state index in [-0.39, 0.29) is 17.6 Å². The van der Waals surface area contributed by atoms with Crippen molar-refractivity contribution in [2.75, 3.05) is 39.8 Å². The minimum absolute atomic E-state index is 0.232. The summed E-state index contributed by atoms with van der Waals surface area (Å²) >= 11 is 0. The molecule has 1 saturated carbocycles. The maximum atomic E-state index is 12.5. The second-order valence-electron chi connectivity index (χ2n) is 10.4. The molecule has 3 aromatic rings. The first kappa shape index (κ1) is 22.4. The van der Waals surface area contributed by atoms with Crippen LogP contribution in [0.25, 0.3) is 11.3 Å². The molecule has 0 radical (unpaired) electrons. The van der Waals surface area contributed by atoms with Gasteiger partial charge < -0.3 is 19.2 Å². The lowest BCUT2D eigenvalue weighted by Crippen LogP contribution is -2.53. The van der Waals surface area contributed by atoms with Gasteiger partial charge in [-0.25, -0.2) is 0 Å². The van der Waals surface area contributed by atoms with Crippen LogP contribution >= 0.6 is 0 Å². The van der Waals surface area contributed by atoms with E-state index in [4.69, 9.17) is 8.94 Å². The van der Waals surface area contributed by atoms with Crippen LogP contribution in [-0.2, 0) is 0 Å². The molecule has 0 unspecified atom stereocenters. The molecule has 9 nitrogen and oxygen atoms in total. The Morgan fingerprint density at radius 1 is 1.06 bits per heavy atom. The number of nitrogens with one attached hydrogen (secondary N) is 1. The number of hydrogen-bond acceptors (Lipinski definition) is 8. The Hall–Kier alpha value is -3.04. The van der Waals surface area contributed by atoms with E-state index in [9.17, 15) is 4.79 Å². The third-order valence-electron chi connectivity index (χ3n) is 7.86. The molecule has 184 valence electrons. The van der Waals surface area contributed by atoms with E-state index >= 15 is 0 Å². The van der Waals surface area contributed by atoms with Gasteiger partial charge in [0, 0.05) is 43.2 Å². The second-order valence-corrected chi connectivity index (χ2v) is 10.4. The minimum atomic E-state index is -0.234. The molecule has 3 fully saturated rings. The van der Waals surface area contributed by atoms with Crippen LogP contribution in [0.1, 0.15) is 59.9 Å². The highest BCUT2D eigenvalue weighted by Gasteiger charge is 2.39. The number of rotatable bonds is 7. The molecular formula is C26H32N6O3. The number of benzene rings is 1. The predicted molar refractivity (Wildman–Crippen MR) is 129 cm³/mol. The van der Waals surface area contributed by atoms with Gasteiger partial charge in [-0.3, -0.25) is 9.69 Å². The molecule has 4 heterocycles. The summed E-state index contributed by atoms with van der Waals surface area (Å²) < 4.78 is 11.3.